The number of methoxy groups -OCH3 is 1. The van der Waals surface area contributed by atoms with Crippen LogP contribution in [0.3, 0.4) is 0 Å². The van der Waals surface area contributed by atoms with Gasteiger partial charge < -0.3 is 10.1 Å². The molecule has 1 N–H and O–H groups in total. The van der Waals surface area contributed by atoms with Crippen molar-refractivity contribution in [2.75, 3.05) is 13.7 Å². The SMILES string of the molecule is COCC(C)(C)NCc1cccc(C2CC2)c1. The van der Waals surface area contributed by atoms with Crippen LogP contribution in [0.2, 0.25) is 0 Å². The van der Waals surface area contributed by atoms with Crippen LogP contribution in [0.1, 0.15) is 43.7 Å². The van der Waals surface area contributed by atoms with Crippen LogP contribution in [0, 0.1) is 0 Å². The summed E-state index contributed by atoms with van der Waals surface area (Å²) >= 11 is 0. The summed E-state index contributed by atoms with van der Waals surface area (Å²) in [5.74, 6) is 0.835. The van der Waals surface area contributed by atoms with Gasteiger partial charge in [-0.15, -0.1) is 0 Å². The molecule has 2 heteroatoms. The zero-order chi connectivity index (χ0) is 12.3. The third-order valence-electron chi connectivity index (χ3n) is 3.28. The van der Waals surface area contributed by atoms with E-state index < -0.39 is 0 Å². The molecule has 0 heterocycles. The summed E-state index contributed by atoms with van der Waals surface area (Å²) in [6, 6.07) is 8.96. The van der Waals surface area contributed by atoms with Crippen molar-refractivity contribution >= 4 is 0 Å². The number of nitrogens with one attached hydrogen (secondary N) is 1. The van der Waals surface area contributed by atoms with Crippen LogP contribution in [0.25, 0.3) is 0 Å². The van der Waals surface area contributed by atoms with Crippen LogP contribution in [-0.4, -0.2) is 19.3 Å². The fourth-order valence-corrected chi connectivity index (χ4v) is 2.13. The molecule has 1 aliphatic carbocycles. The van der Waals surface area contributed by atoms with E-state index in [1.165, 1.54) is 24.0 Å². The van der Waals surface area contributed by atoms with Gasteiger partial charge in [-0.2, -0.15) is 0 Å². The normalized spacial score (nSPS) is 16.2. The van der Waals surface area contributed by atoms with E-state index in [1.807, 2.05) is 0 Å². The molecule has 17 heavy (non-hydrogen) atoms. The minimum atomic E-state index is 0.0321. The van der Waals surface area contributed by atoms with Gasteiger partial charge >= 0.3 is 0 Å². The molecule has 0 atom stereocenters. The number of ether oxygens (including phenoxy) is 1. The van der Waals surface area contributed by atoms with Crippen LogP contribution in [0.4, 0.5) is 0 Å². The Kier molecular flexibility index (Phi) is 3.85. The molecule has 94 valence electrons. The first-order valence-electron chi connectivity index (χ1n) is 6.43. The molecule has 1 aliphatic rings. The first-order valence-corrected chi connectivity index (χ1v) is 6.43. The second kappa shape index (κ2) is 5.19. The Morgan fingerprint density at radius 1 is 1.35 bits per heavy atom. The maximum atomic E-state index is 5.20. The second-order valence-electron chi connectivity index (χ2n) is 5.69. The third-order valence-corrected chi connectivity index (χ3v) is 3.28. The molecular formula is C15H23NO. The van der Waals surface area contributed by atoms with Gasteiger partial charge in [-0.3, -0.25) is 0 Å². The maximum Gasteiger partial charge on any atom is 0.0639 e. The Labute approximate surface area is 104 Å². The van der Waals surface area contributed by atoms with E-state index in [0.717, 1.165) is 19.1 Å². The van der Waals surface area contributed by atoms with E-state index in [1.54, 1.807) is 7.11 Å². The van der Waals surface area contributed by atoms with E-state index >= 15 is 0 Å². The van der Waals surface area contributed by atoms with Crippen molar-refractivity contribution in [2.45, 2.75) is 44.7 Å². The molecule has 1 aromatic rings. The summed E-state index contributed by atoms with van der Waals surface area (Å²) < 4.78 is 5.20. The quantitative estimate of drug-likeness (QED) is 0.815. The van der Waals surface area contributed by atoms with E-state index in [0.29, 0.717) is 0 Å². The third kappa shape index (κ3) is 3.83. The van der Waals surface area contributed by atoms with Gasteiger partial charge in [0.15, 0.2) is 0 Å². The molecule has 0 radical (unpaired) electrons. The monoisotopic (exact) mass is 233 g/mol. The highest BCUT2D eigenvalue weighted by molar-refractivity contribution is 5.29. The molecular weight excluding hydrogens is 210 g/mol. The molecule has 0 unspecified atom stereocenters. The minimum Gasteiger partial charge on any atom is -0.383 e. The molecule has 2 rings (SSSR count). The molecule has 0 bridgehead atoms. The van der Waals surface area contributed by atoms with E-state index in [2.05, 4.69) is 43.4 Å². The number of hydrogen-bond acceptors (Lipinski definition) is 2. The fourth-order valence-electron chi connectivity index (χ4n) is 2.13. The van der Waals surface area contributed by atoms with Crippen LogP contribution in [0.5, 0.6) is 0 Å². The summed E-state index contributed by atoms with van der Waals surface area (Å²) in [6.45, 7) is 5.98. The van der Waals surface area contributed by atoms with Crippen molar-refractivity contribution < 1.29 is 4.74 Å². The van der Waals surface area contributed by atoms with Gasteiger partial charge in [0.2, 0.25) is 0 Å². The Hall–Kier alpha value is -0.860. The number of benzene rings is 1. The lowest BCUT2D eigenvalue weighted by molar-refractivity contribution is 0.128. The van der Waals surface area contributed by atoms with E-state index in [9.17, 15) is 0 Å². The van der Waals surface area contributed by atoms with Gasteiger partial charge in [0.05, 0.1) is 6.61 Å². The molecule has 0 saturated heterocycles. The summed E-state index contributed by atoms with van der Waals surface area (Å²) in [6.07, 6.45) is 2.73. The predicted molar refractivity (Wildman–Crippen MR) is 71.2 cm³/mol. The Balaban J connectivity index is 1.92. The first-order chi connectivity index (χ1) is 8.11. The Morgan fingerprint density at radius 3 is 2.76 bits per heavy atom. The Bertz CT molecular complexity index is 369. The topological polar surface area (TPSA) is 21.3 Å². The standard InChI is InChI=1S/C15H23NO/c1-15(2,11-17-3)16-10-12-5-4-6-14(9-12)13-7-8-13/h4-6,9,13,16H,7-8,10-11H2,1-3H3. The lowest BCUT2D eigenvalue weighted by Crippen LogP contribution is -2.42. The lowest BCUT2D eigenvalue weighted by atomic mass is 10.0. The van der Waals surface area contributed by atoms with Gasteiger partial charge in [0.25, 0.3) is 0 Å². The molecule has 1 fully saturated rings. The second-order valence-corrected chi connectivity index (χ2v) is 5.69. The molecule has 2 nitrogen and oxygen atoms in total. The van der Waals surface area contributed by atoms with Gasteiger partial charge in [-0.25, -0.2) is 0 Å². The first kappa shape index (κ1) is 12.6. The van der Waals surface area contributed by atoms with Crippen molar-refractivity contribution in [3.05, 3.63) is 35.4 Å². The van der Waals surface area contributed by atoms with Gasteiger partial charge in [-0.1, -0.05) is 24.3 Å². The van der Waals surface area contributed by atoms with Crippen LogP contribution >= 0.6 is 0 Å². The average molecular weight is 233 g/mol. The summed E-state index contributed by atoms with van der Waals surface area (Å²) in [4.78, 5) is 0. The van der Waals surface area contributed by atoms with Gasteiger partial charge in [0.1, 0.15) is 0 Å². The smallest absolute Gasteiger partial charge is 0.0639 e. The largest absolute Gasteiger partial charge is 0.383 e. The van der Waals surface area contributed by atoms with Crippen LogP contribution in [0.15, 0.2) is 24.3 Å². The summed E-state index contributed by atoms with van der Waals surface area (Å²) in [7, 11) is 1.75. The average Bonchev–Trinajstić information content (AvgIpc) is 3.11. The van der Waals surface area contributed by atoms with Crippen molar-refractivity contribution in [3.63, 3.8) is 0 Å². The van der Waals surface area contributed by atoms with Crippen LogP contribution in [-0.2, 0) is 11.3 Å². The highest BCUT2D eigenvalue weighted by atomic mass is 16.5. The number of rotatable bonds is 6. The molecule has 0 aliphatic heterocycles. The zero-order valence-corrected chi connectivity index (χ0v) is 11.1. The molecule has 0 spiro atoms. The zero-order valence-electron chi connectivity index (χ0n) is 11.1. The molecule has 0 aromatic heterocycles. The van der Waals surface area contributed by atoms with Crippen molar-refractivity contribution in [1.82, 2.24) is 5.32 Å². The van der Waals surface area contributed by atoms with Crippen LogP contribution < -0.4 is 5.32 Å². The minimum absolute atomic E-state index is 0.0321. The molecule has 1 aromatic carbocycles. The molecule has 0 amide bonds. The number of hydrogen-bond donors (Lipinski definition) is 1. The lowest BCUT2D eigenvalue weighted by Gasteiger charge is -2.25. The van der Waals surface area contributed by atoms with Crippen molar-refractivity contribution in [2.24, 2.45) is 0 Å². The van der Waals surface area contributed by atoms with E-state index in [-0.39, 0.29) is 5.54 Å². The Morgan fingerprint density at radius 2 is 2.12 bits per heavy atom. The van der Waals surface area contributed by atoms with E-state index in [4.69, 9.17) is 4.74 Å². The summed E-state index contributed by atoms with van der Waals surface area (Å²) in [5.41, 5.74) is 2.91. The van der Waals surface area contributed by atoms with Gasteiger partial charge in [-0.05, 0) is 43.7 Å². The van der Waals surface area contributed by atoms with Gasteiger partial charge in [0, 0.05) is 19.2 Å². The predicted octanol–water partition coefficient (Wildman–Crippen LogP) is 3.08. The highest BCUT2D eigenvalue weighted by Gasteiger charge is 2.23. The summed E-state index contributed by atoms with van der Waals surface area (Å²) in [5, 5.41) is 3.54. The maximum absolute atomic E-state index is 5.20. The molecule has 1 saturated carbocycles. The van der Waals surface area contributed by atoms with Crippen molar-refractivity contribution in [3.8, 4) is 0 Å². The highest BCUT2D eigenvalue weighted by Crippen LogP contribution is 2.40. The van der Waals surface area contributed by atoms with Crippen molar-refractivity contribution in [1.29, 1.82) is 0 Å². The fraction of sp³-hybridized carbons (Fsp3) is 0.600.